The number of alkyl halides is 4. The molecule has 0 fully saturated rings. The molecule has 0 unspecified atom stereocenters. The van der Waals surface area contributed by atoms with Crippen LogP contribution in [0, 0.1) is 0 Å². The fraction of sp³-hybridized carbons (Fsp3) is 0.353. The van der Waals surface area contributed by atoms with Crippen LogP contribution in [0.25, 0.3) is 0 Å². The minimum Gasteiger partial charge on any atom is -0.487 e. The number of amides is 1. The molecule has 140 valence electrons. The molecule has 26 heavy (non-hydrogen) atoms. The zero-order valence-corrected chi connectivity index (χ0v) is 14.1. The first-order valence-electron chi connectivity index (χ1n) is 7.76. The number of benzene rings is 1. The summed E-state index contributed by atoms with van der Waals surface area (Å²) in [6.07, 6.45) is -1.69. The summed E-state index contributed by atoms with van der Waals surface area (Å²) in [5, 5.41) is 0. The molecule has 0 saturated carbocycles. The summed E-state index contributed by atoms with van der Waals surface area (Å²) < 4.78 is 54.8. The van der Waals surface area contributed by atoms with Gasteiger partial charge in [0, 0.05) is 19.5 Å². The first-order valence-corrected chi connectivity index (χ1v) is 7.76. The minimum atomic E-state index is -4.23. The van der Waals surface area contributed by atoms with Gasteiger partial charge in [0.1, 0.15) is 17.4 Å². The van der Waals surface area contributed by atoms with Crippen molar-refractivity contribution in [2.24, 2.45) is 0 Å². The first kappa shape index (κ1) is 19.6. The molecule has 0 saturated heterocycles. The summed E-state index contributed by atoms with van der Waals surface area (Å²) in [4.78, 5) is 21.7. The number of ether oxygens (including phenoxy) is 1. The second-order valence-corrected chi connectivity index (χ2v) is 5.38. The zero-order valence-electron chi connectivity index (χ0n) is 14.1. The lowest BCUT2D eigenvalue weighted by Crippen LogP contribution is -2.33. The van der Waals surface area contributed by atoms with E-state index in [9.17, 15) is 22.4 Å². The van der Waals surface area contributed by atoms with Gasteiger partial charge >= 0.3 is 12.3 Å². The summed E-state index contributed by atoms with van der Waals surface area (Å²) in [6.45, 7) is 1.78. The highest BCUT2D eigenvalue weighted by atomic mass is 19.3. The van der Waals surface area contributed by atoms with Gasteiger partial charge in [-0.25, -0.2) is 18.7 Å². The Morgan fingerprint density at radius 2 is 1.88 bits per heavy atom. The molecule has 2 aromatic rings. The highest BCUT2D eigenvalue weighted by molar-refractivity contribution is 5.98. The van der Waals surface area contributed by atoms with E-state index in [1.165, 1.54) is 42.3 Å². The van der Waals surface area contributed by atoms with Crippen molar-refractivity contribution in [1.29, 1.82) is 0 Å². The van der Waals surface area contributed by atoms with E-state index in [2.05, 4.69) is 9.97 Å². The Balaban J connectivity index is 2.19. The van der Waals surface area contributed by atoms with Crippen LogP contribution in [0.2, 0.25) is 0 Å². The SMILES string of the molecule is CCc1nccc(N(C(C)=O)c2ccc(OCC(F)(F)C(F)F)cc2)n1. The predicted molar refractivity (Wildman–Crippen MR) is 87.1 cm³/mol. The Labute approximate surface area is 147 Å². The number of carbonyl (C=O) groups is 1. The highest BCUT2D eigenvalue weighted by Gasteiger charge is 2.41. The van der Waals surface area contributed by atoms with Crippen molar-refractivity contribution >= 4 is 17.4 Å². The van der Waals surface area contributed by atoms with Gasteiger partial charge in [-0.3, -0.25) is 9.69 Å². The number of hydrogen-bond donors (Lipinski definition) is 0. The molecule has 0 atom stereocenters. The van der Waals surface area contributed by atoms with Gasteiger partial charge in [-0.1, -0.05) is 6.92 Å². The number of aromatic nitrogens is 2. The molecule has 0 aliphatic carbocycles. The van der Waals surface area contributed by atoms with Crippen molar-refractivity contribution in [3.05, 3.63) is 42.4 Å². The zero-order chi connectivity index (χ0) is 19.3. The monoisotopic (exact) mass is 371 g/mol. The highest BCUT2D eigenvalue weighted by Crippen LogP contribution is 2.28. The van der Waals surface area contributed by atoms with Crippen molar-refractivity contribution in [2.45, 2.75) is 32.6 Å². The summed E-state index contributed by atoms with van der Waals surface area (Å²) in [7, 11) is 0. The molecular formula is C17H17F4N3O2. The molecule has 0 aliphatic rings. The predicted octanol–water partition coefficient (Wildman–Crippen LogP) is 4.00. The van der Waals surface area contributed by atoms with Crippen LogP contribution in [0.15, 0.2) is 36.5 Å². The first-order chi connectivity index (χ1) is 12.2. The van der Waals surface area contributed by atoms with E-state index in [-0.39, 0.29) is 11.7 Å². The average Bonchev–Trinajstić information content (AvgIpc) is 2.61. The molecule has 2 rings (SSSR count). The number of aryl methyl sites for hydroxylation is 1. The van der Waals surface area contributed by atoms with Crippen molar-refractivity contribution in [3.8, 4) is 5.75 Å². The fourth-order valence-corrected chi connectivity index (χ4v) is 2.09. The van der Waals surface area contributed by atoms with E-state index in [1.54, 1.807) is 6.07 Å². The van der Waals surface area contributed by atoms with Crippen LogP contribution in [0.3, 0.4) is 0 Å². The summed E-state index contributed by atoms with van der Waals surface area (Å²) in [5.41, 5.74) is 0.422. The van der Waals surface area contributed by atoms with Crippen LogP contribution < -0.4 is 9.64 Å². The normalized spacial score (nSPS) is 11.5. The Kier molecular flexibility index (Phi) is 6.12. The van der Waals surface area contributed by atoms with E-state index in [1.807, 2.05) is 6.92 Å². The second-order valence-electron chi connectivity index (χ2n) is 5.38. The molecule has 0 bridgehead atoms. The van der Waals surface area contributed by atoms with Gasteiger partial charge in [-0.05, 0) is 30.3 Å². The Hall–Kier alpha value is -2.71. The molecule has 0 N–H and O–H groups in total. The third-order valence-electron chi connectivity index (χ3n) is 3.40. The van der Waals surface area contributed by atoms with Crippen molar-refractivity contribution in [1.82, 2.24) is 9.97 Å². The molecule has 9 heteroatoms. The molecule has 1 heterocycles. The van der Waals surface area contributed by atoms with E-state index in [0.29, 0.717) is 23.8 Å². The number of hydrogen-bond acceptors (Lipinski definition) is 4. The molecule has 0 aliphatic heterocycles. The van der Waals surface area contributed by atoms with E-state index < -0.39 is 19.0 Å². The number of rotatable bonds is 7. The molecule has 1 aromatic heterocycles. The number of anilines is 2. The quantitative estimate of drug-likeness (QED) is 0.691. The van der Waals surface area contributed by atoms with Gasteiger partial charge in [0.2, 0.25) is 5.91 Å². The van der Waals surface area contributed by atoms with Gasteiger partial charge in [0.05, 0.1) is 5.69 Å². The molecule has 0 spiro atoms. The van der Waals surface area contributed by atoms with Crippen LogP contribution in [-0.4, -0.2) is 34.8 Å². The Morgan fingerprint density at radius 3 is 2.42 bits per heavy atom. The molecule has 5 nitrogen and oxygen atoms in total. The maximum Gasteiger partial charge on any atom is 0.340 e. The van der Waals surface area contributed by atoms with Crippen LogP contribution in [0.5, 0.6) is 5.75 Å². The third-order valence-corrected chi connectivity index (χ3v) is 3.40. The van der Waals surface area contributed by atoms with Crippen LogP contribution >= 0.6 is 0 Å². The van der Waals surface area contributed by atoms with Gasteiger partial charge in [0.15, 0.2) is 6.61 Å². The smallest absolute Gasteiger partial charge is 0.340 e. The maximum atomic E-state index is 12.9. The lowest BCUT2D eigenvalue weighted by molar-refractivity contribution is -0.148. The van der Waals surface area contributed by atoms with Crippen LogP contribution in [-0.2, 0) is 11.2 Å². The van der Waals surface area contributed by atoms with Gasteiger partial charge in [-0.15, -0.1) is 0 Å². The van der Waals surface area contributed by atoms with Crippen molar-refractivity contribution in [2.75, 3.05) is 11.5 Å². The van der Waals surface area contributed by atoms with Gasteiger partial charge in [0.25, 0.3) is 0 Å². The Bertz CT molecular complexity index is 754. The summed E-state index contributed by atoms with van der Waals surface area (Å²) >= 11 is 0. The molecular weight excluding hydrogens is 354 g/mol. The number of carbonyl (C=O) groups excluding carboxylic acids is 1. The maximum absolute atomic E-state index is 12.9. The van der Waals surface area contributed by atoms with Gasteiger partial charge in [-0.2, -0.15) is 8.78 Å². The number of nitrogens with zero attached hydrogens (tertiary/aromatic N) is 3. The molecule has 1 aromatic carbocycles. The minimum absolute atomic E-state index is 0.0190. The fourth-order valence-electron chi connectivity index (χ4n) is 2.09. The molecule has 0 radical (unpaired) electrons. The van der Waals surface area contributed by atoms with E-state index in [4.69, 9.17) is 4.74 Å². The Morgan fingerprint density at radius 1 is 1.23 bits per heavy atom. The lowest BCUT2D eigenvalue weighted by atomic mass is 10.2. The lowest BCUT2D eigenvalue weighted by Gasteiger charge is -2.21. The second kappa shape index (κ2) is 8.11. The summed E-state index contributed by atoms with van der Waals surface area (Å²) in [6, 6.07) is 7.09. The van der Waals surface area contributed by atoms with E-state index >= 15 is 0 Å². The molecule has 1 amide bonds. The third kappa shape index (κ3) is 4.68. The topological polar surface area (TPSA) is 55.3 Å². The van der Waals surface area contributed by atoms with Crippen LogP contribution in [0.1, 0.15) is 19.7 Å². The van der Waals surface area contributed by atoms with Crippen LogP contribution in [0.4, 0.5) is 29.1 Å². The van der Waals surface area contributed by atoms with Crippen molar-refractivity contribution in [3.63, 3.8) is 0 Å². The largest absolute Gasteiger partial charge is 0.487 e. The number of halogens is 4. The standard InChI is InChI=1S/C17H17F4N3O2/c1-3-14-22-9-8-15(23-14)24(11(2)25)12-4-6-13(7-5-12)26-10-17(20,21)16(18)19/h4-9,16H,3,10H2,1-2H3. The summed E-state index contributed by atoms with van der Waals surface area (Å²) in [5.74, 6) is -3.65. The van der Waals surface area contributed by atoms with Gasteiger partial charge < -0.3 is 4.74 Å². The average molecular weight is 371 g/mol. The van der Waals surface area contributed by atoms with E-state index in [0.717, 1.165) is 0 Å². The van der Waals surface area contributed by atoms with Crippen molar-refractivity contribution < 1.29 is 27.1 Å².